The van der Waals surface area contributed by atoms with Crippen molar-refractivity contribution >= 4 is 28.3 Å². The Morgan fingerprint density at radius 1 is 1.24 bits per heavy atom. The lowest BCUT2D eigenvalue weighted by Crippen LogP contribution is -2.34. The largest absolute Gasteiger partial charge is 0.462 e. The lowest BCUT2D eigenvalue weighted by Gasteiger charge is -2.27. The second-order valence-corrected chi connectivity index (χ2v) is 7.91. The van der Waals surface area contributed by atoms with Gasteiger partial charge in [-0.15, -0.1) is 11.3 Å². The standard InChI is InChI=1S/C21H21FN2O4S/c1-2-27-19(25)17-16(15(11-23)18(24)29-17)12-28-20(26)21(9-3-4-10-21)13-5-7-14(22)8-6-13/h5-8H,2-4,9-10,12,24H2,1H3. The third-order valence-electron chi connectivity index (χ3n) is 5.20. The summed E-state index contributed by atoms with van der Waals surface area (Å²) in [5.74, 6) is -1.43. The number of halogens is 1. The summed E-state index contributed by atoms with van der Waals surface area (Å²) in [5.41, 5.74) is 6.09. The zero-order valence-electron chi connectivity index (χ0n) is 16.0. The van der Waals surface area contributed by atoms with Crippen LogP contribution in [0, 0.1) is 17.1 Å². The smallest absolute Gasteiger partial charge is 0.348 e. The Hall–Kier alpha value is -2.92. The highest BCUT2D eigenvalue weighted by atomic mass is 32.1. The zero-order chi connectivity index (χ0) is 21.0. The lowest BCUT2D eigenvalue weighted by atomic mass is 9.79. The van der Waals surface area contributed by atoms with Crippen LogP contribution in [0.1, 0.15) is 59.0 Å². The summed E-state index contributed by atoms with van der Waals surface area (Å²) in [6.07, 6.45) is 2.91. The number of carbonyl (C=O) groups excluding carboxylic acids is 2. The van der Waals surface area contributed by atoms with E-state index in [0.717, 1.165) is 24.2 Å². The minimum Gasteiger partial charge on any atom is -0.462 e. The van der Waals surface area contributed by atoms with Gasteiger partial charge in [-0.2, -0.15) is 5.26 Å². The van der Waals surface area contributed by atoms with Crippen molar-refractivity contribution in [3.63, 3.8) is 0 Å². The number of anilines is 1. The van der Waals surface area contributed by atoms with Gasteiger partial charge in [-0.05, 0) is 37.5 Å². The van der Waals surface area contributed by atoms with Crippen molar-refractivity contribution in [3.05, 3.63) is 51.7 Å². The van der Waals surface area contributed by atoms with E-state index in [2.05, 4.69) is 0 Å². The summed E-state index contributed by atoms with van der Waals surface area (Å²) in [6, 6.07) is 7.84. The molecule has 1 fully saturated rings. The zero-order valence-corrected chi connectivity index (χ0v) is 16.8. The number of esters is 2. The maximum Gasteiger partial charge on any atom is 0.348 e. The first-order valence-electron chi connectivity index (χ1n) is 9.34. The number of nitrogens with zero attached hydrogens (tertiary/aromatic N) is 1. The van der Waals surface area contributed by atoms with Gasteiger partial charge in [-0.3, -0.25) is 4.79 Å². The van der Waals surface area contributed by atoms with Crippen LogP contribution in [0.4, 0.5) is 9.39 Å². The van der Waals surface area contributed by atoms with Crippen molar-refractivity contribution in [1.29, 1.82) is 5.26 Å². The number of carbonyl (C=O) groups is 2. The van der Waals surface area contributed by atoms with E-state index in [0.29, 0.717) is 18.4 Å². The van der Waals surface area contributed by atoms with Crippen molar-refractivity contribution in [1.82, 2.24) is 0 Å². The van der Waals surface area contributed by atoms with E-state index in [4.69, 9.17) is 15.2 Å². The Morgan fingerprint density at radius 2 is 1.90 bits per heavy atom. The number of hydrogen-bond acceptors (Lipinski definition) is 7. The van der Waals surface area contributed by atoms with Gasteiger partial charge in [0.05, 0.1) is 17.6 Å². The Morgan fingerprint density at radius 3 is 2.48 bits per heavy atom. The van der Waals surface area contributed by atoms with Gasteiger partial charge in [0.15, 0.2) is 0 Å². The quantitative estimate of drug-likeness (QED) is 0.712. The molecule has 1 aromatic heterocycles. The number of rotatable bonds is 6. The van der Waals surface area contributed by atoms with Crippen LogP contribution in [0.2, 0.25) is 0 Å². The first-order valence-corrected chi connectivity index (χ1v) is 10.2. The number of thiophene rings is 1. The topological polar surface area (TPSA) is 102 Å². The number of nitrogen functional groups attached to an aromatic ring is 1. The summed E-state index contributed by atoms with van der Waals surface area (Å²) < 4.78 is 23.9. The highest BCUT2D eigenvalue weighted by Crippen LogP contribution is 2.43. The maximum absolute atomic E-state index is 13.3. The maximum atomic E-state index is 13.3. The molecule has 0 amide bonds. The molecule has 1 saturated carbocycles. The molecule has 1 aromatic carbocycles. The van der Waals surface area contributed by atoms with Crippen LogP contribution in [0.5, 0.6) is 0 Å². The molecule has 0 unspecified atom stereocenters. The van der Waals surface area contributed by atoms with Crippen LogP contribution in [0.15, 0.2) is 24.3 Å². The predicted octanol–water partition coefficient (Wildman–Crippen LogP) is 4.07. The fraction of sp³-hybridized carbons (Fsp3) is 0.381. The van der Waals surface area contributed by atoms with Gasteiger partial charge in [0.1, 0.15) is 28.4 Å². The molecule has 1 aliphatic carbocycles. The molecule has 0 radical (unpaired) electrons. The van der Waals surface area contributed by atoms with Crippen LogP contribution in [0.25, 0.3) is 0 Å². The molecule has 2 N–H and O–H groups in total. The normalized spacial score (nSPS) is 14.9. The van der Waals surface area contributed by atoms with Crippen LogP contribution >= 0.6 is 11.3 Å². The second-order valence-electron chi connectivity index (χ2n) is 6.85. The van der Waals surface area contributed by atoms with E-state index < -0.39 is 17.4 Å². The molecule has 0 bridgehead atoms. The molecule has 0 atom stereocenters. The fourth-order valence-electron chi connectivity index (χ4n) is 3.74. The molecule has 6 nitrogen and oxygen atoms in total. The fourth-order valence-corrected chi connectivity index (χ4v) is 4.66. The first kappa shape index (κ1) is 20.8. The lowest BCUT2D eigenvalue weighted by molar-refractivity contribution is -0.152. The number of benzene rings is 1. The summed E-state index contributed by atoms with van der Waals surface area (Å²) in [5, 5.41) is 9.58. The molecule has 0 spiro atoms. The van der Waals surface area contributed by atoms with Gasteiger partial charge >= 0.3 is 11.9 Å². The molecule has 1 aliphatic rings. The van der Waals surface area contributed by atoms with Crippen molar-refractivity contribution in [2.24, 2.45) is 0 Å². The van der Waals surface area contributed by atoms with Crippen molar-refractivity contribution in [3.8, 4) is 6.07 Å². The molecule has 29 heavy (non-hydrogen) atoms. The summed E-state index contributed by atoms with van der Waals surface area (Å²) in [4.78, 5) is 25.5. The highest BCUT2D eigenvalue weighted by molar-refractivity contribution is 7.18. The average Bonchev–Trinajstić information content (AvgIpc) is 3.32. The molecular formula is C21H21FN2O4S. The van der Waals surface area contributed by atoms with Crippen LogP contribution in [-0.2, 0) is 26.3 Å². The number of nitrogens with two attached hydrogens (primary N) is 1. The highest BCUT2D eigenvalue weighted by Gasteiger charge is 2.44. The van der Waals surface area contributed by atoms with Crippen molar-refractivity contribution in [2.45, 2.75) is 44.6 Å². The Balaban J connectivity index is 1.87. The Labute approximate surface area is 172 Å². The van der Waals surface area contributed by atoms with E-state index in [-0.39, 0.29) is 40.0 Å². The van der Waals surface area contributed by atoms with Crippen molar-refractivity contribution < 1.29 is 23.5 Å². The predicted molar refractivity (Wildman–Crippen MR) is 106 cm³/mol. The third-order valence-corrected chi connectivity index (χ3v) is 6.24. The van der Waals surface area contributed by atoms with E-state index >= 15 is 0 Å². The summed E-state index contributed by atoms with van der Waals surface area (Å²) in [6.45, 7) is 1.59. The molecular weight excluding hydrogens is 395 g/mol. The summed E-state index contributed by atoms with van der Waals surface area (Å²) in [7, 11) is 0. The minimum absolute atomic E-state index is 0.119. The molecule has 0 saturated heterocycles. The van der Waals surface area contributed by atoms with Gasteiger partial charge in [-0.25, -0.2) is 9.18 Å². The van der Waals surface area contributed by atoms with Crippen LogP contribution < -0.4 is 5.73 Å². The van der Waals surface area contributed by atoms with E-state index in [1.807, 2.05) is 6.07 Å². The second kappa shape index (κ2) is 8.62. The number of hydrogen-bond donors (Lipinski definition) is 1. The minimum atomic E-state index is -0.855. The van der Waals surface area contributed by atoms with Gasteiger partial charge in [0.25, 0.3) is 0 Å². The van der Waals surface area contributed by atoms with Gasteiger partial charge < -0.3 is 15.2 Å². The molecule has 0 aliphatic heterocycles. The van der Waals surface area contributed by atoms with Crippen LogP contribution in [-0.4, -0.2) is 18.5 Å². The molecule has 2 aromatic rings. The van der Waals surface area contributed by atoms with E-state index in [9.17, 15) is 19.2 Å². The molecule has 1 heterocycles. The monoisotopic (exact) mass is 416 g/mol. The third kappa shape index (κ3) is 3.96. The SMILES string of the molecule is CCOC(=O)c1sc(N)c(C#N)c1COC(=O)C1(c2ccc(F)cc2)CCCC1. The Bertz CT molecular complexity index is 956. The molecule has 152 valence electrons. The number of ether oxygens (including phenoxy) is 2. The number of nitriles is 1. The van der Waals surface area contributed by atoms with Crippen molar-refractivity contribution in [2.75, 3.05) is 12.3 Å². The summed E-state index contributed by atoms with van der Waals surface area (Å²) >= 11 is 0.942. The van der Waals surface area contributed by atoms with E-state index in [1.54, 1.807) is 19.1 Å². The van der Waals surface area contributed by atoms with Gasteiger partial charge in [0.2, 0.25) is 0 Å². The molecule has 8 heteroatoms. The Kier molecular flexibility index (Phi) is 6.18. The first-order chi connectivity index (χ1) is 13.9. The average molecular weight is 416 g/mol. The molecule has 3 rings (SSSR count). The van der Waals surface area contributed by atoms with Crippen LogP contribution in [0.3, 0.4) is 0 Å². The van der Waals surface area contributed by atoms with E-state index in [1.165, 1.54) is 12.1 Å². The van der Waals surface area contributed by atoms with Gasteiger partial charge in [-0.1, -0.05) is 25.0 Å². The van der Waals surface area contributed by atoms with Gasteiger partial charge in [0, 0.05) is 5.56 Å².